The second kappa shape index (κ2) is 6.43. The number of rotatable bonds is 5. The van der Waals surface area contributed by atoms with Gasteiger partial charge in [0.2, 0.25) is 0 Å². The van der Waals surface area contributed by atoms with E-state index in [9.17, 15) is 13.2 Å². The molecule has 0 saturated carbocycles. The monoisotopic (exact) mass is 219 g/mol. The van der Waals surface area contributed by atoms with Gasteiger partial charge in [0.15, 0.2) is 0 Å². The molecule has 1 atom stereocenters. The first kappa shape index (κ1) is 13.9. The van der Waals surface area contributed by atoms with E-state index in [2.05, 4.69) is 11.7 Å². The van der Waals surface area contributed by atoms with Crippen molar-refractivity contribution in [3.8, 4) is 0 Å². The van der Waals surface area contributed by atoms with Crippen LogP contribution in [0.25, 0.3) is 0 Å². The van der Waals surface area contributed by atoms with Gasteiger partial charge in [0.25, 0.3) is 0 Å². The lowest BCUT2D eigenvalue weighted by atomic mass is 10.1. The Morgan fingerprint density at radius 3 is 2.47 bits per heavy atom. The SMILES string of the molecule is C=N/C(=C\C(C)/C=C\CCC)C(F)(F)F. The maximum atomic E-state index is 12.2. The summed E-state index contributed by atoms with van der Waals surface area (Å²) in [6, 6.07) is 0. The van der Waals surface area contributed by atoms with E-state index < -0.39 is 11.9 Å². The molecule has 0 rings (SSSR count). The van der Waals surface area contributed by atoms with E-state index in [1.165, 1.54) is 0 Å². The Balaban J connectivity index is 4.50. The molecule has 0 aliphatic carbocycles. The number of alkyl halides is 3. The van der Waals surface area contributed by atoms with Crippen LogP contribution in [0.3, 0.4) is 0 Å². The number of halogens is 3. The molecule has 0 amide bonds. The molecular formula is C11H16F3N. The van der Waals surface area contributed by atoms with E-state index in [-0.39, 0.29) is 5.92 Å². The Hall–Kier alpha value is -1.06. The Labute approximate surface area is 88.4 Å². The fourth-order valence-corrected chi connectivity index (χ4v) is 1.02. The van der Waals surface area contributed by atoms with E-state index in [1.807, 2.05) is 13.0 Å². The number of allylic oxidation sites excluding steroid dienone is 4. The summed E-state index contributed by atoms with van der Waals surface area (Å²) in [6.45, 7) is 6.61. The maximum Gasteiger partial charge on any atom is 0.433 e. The van der Waals surface area contributed by atoms with Crippen LogP contribution in [0.4, 0.5) is 13.2 Å². The van der Waals surface area contributed by atoms with Gasteiger partial charge in [-0.2, -0.15) is 13.2 Å². The highest BCUT2D eigenvalue weighted by Gasteiger charge is 2.33. The molecule has 0 aliphatic rings. The largest absolute Gasteiger partial charge is 0.433 e. The van der Waals surface area contributed by atoms with Crippen molar-refractivity contribution in [3.05, 3.63) is 23.9 Å². The smallest absolute Gasteiger partial charge is 0.260 e. The second-order valence-corrected chi connectivity index (χ2v) is 3.28. The molecule has 0 aromatic heterocycles. The van der Waals surface area contributed by atoms with Crippen molar-refractivity contribution < 1.29 is 13.2 Å². The number of hydrogen-bond acceptors (Lipinski definition) is 1. The lowest BCUT2D eigenvalue weighted by Gasteiger charge is -2.07. The Kier molecular flexibility index (Phi) is 5.97. The van der Waals surface area contributed by atoms with Crippen molar-refractivity contribution in [2.45, 2.75) is 32.9 Å². The molecular weight excluding hydrogens is 203 g/mol. The third-order valence-corrected chi connectivity index (χ3v) is 1.78. The molecule has 86 valence electrons. The van der Waals surface area contributed by atoms with Gasteiger partial charge < -0.3 is 0 Å². The first-order chi connectivity index (χ1) is 6.91. The third kappa shape index (κ3) is 6.10. The Morgan fingerprint density at radius 2 is 2.07 bits per heavy atom. The van der Waals surface area contributed by atoms with Crippen LogP contribution < -0.4 is 0 Å². The second-order valence-electron chi connectivity index (χ2n) is 3.28. The van der Waals surface area contributed by atoms with Gasteiger partial charge in [-0.05, 0) is 25.1 Å². The summed E-state index contributed by atoms with van der Waals surface area (Å²) in [6.07, 6.45) is 2.13. The average Bonchev–Trinajstić information content (AvgIpc) is 2.12. The van der Waals surface area contributed by atoms with Gasteiger partial charge in [0.1, 0.15) is 5.70 Å². The predicted molar refractivity (Wildman–Crippen MR) is 56.9 cm³/mol. The molecule has 0 aromatic carbocycles. The topological polar surface area (TPSA) is 12.4 Å². The van der Waals surface area contributed by atoms with Crippen molar-refractivity contribution in [1.82, 2.24) is 0 Å². The molecule has 0 spiro atoms. The minimum absolute atomic E-state index is 0.279. The van der Waals surface area contributed by atoms with E-state index >= 15 is 0 Å². The highest BCUT2D eigenvalue weighted by atomic mass is 19.4. The third-order valence-electron chi connectivity index (χ3n) is 1.78. The molecule has 15 heavy (non-hydrogen) atoms. The summed E-state index contributed by atoms with van der Waals surface area (Å²) < 4.78 is 36.7. The number of hydrogen-bond donors (Lipinski definition) is 0. The lowest BCUT2D eigenvalue weighted by molar-refractivity contribution is -0.0926. The van der Waals surface area contributed by atoms with Gasteiger partial charge >= 0.3 is 6.18 Å². The molecule has 0 aromatic rings. The Morgan fingerprint density at radius 1 is 1.47 bits per heavy atom. The summed E-state index contributed by atoms with van der Waals surface area (Å²) in [5.74, 6) is -0.279. The molecule has 0 fully saturated rings. The van der Waals surface area contributed by atoms with Crippen LogP contribution in [0, 0.1) is 5.92 Å². The summed E-state index contributed by atoms with van der Waals surface area (Å²) in [5, 5.41) is 0. The highest BCUT2D eigenvalue weighted by molar-refractivity contribution is 5.31. The minimum Gasteiger partial charge on any atom is -0.260 e. The summed E-state index contributed by atoms with van der Waals surface area (Å²) in [5.41, 5.74) is -0.920. The van der Waals surface area contributed by atoms with Crippen LogP contribution in [-0.4, -0.2) is 12.9 Å². The van der Waals surface area contributed by atoms with Crippen LogP contribution in [-0.2, 0) is 0 Å². The first-order valence-electron chi connectivity index (χ1n) is 4.84. The quantitative estimate of drug-likeness (QED) is 0.487. The van der Waals surface area contributed by atoms with Crippen molar-refractivity contribution in [3.63, 3.8) is 0 Å². The summed E-state index contributed by atoms with van der Waals surface area (Å²) >= 11 is 0. The first-order valence-corrected chi connectivity index (χ1v) is 4.84. The molecule has 0 saturated heterocycles. The van der Waals surface area contributed by atoms with E-state index in [1.54, 1.807) is 13.0 Å². The zero-order valence-electron chi connectivity index (χ0n) is 9.01. The normalized spacial score (nSPS) is 15.7. The van der Waals surface area contributed by atoms with Gasteiger partial charge in [0, 0.05) is 0 Å². The molecule has 0 N–H and O–H groups in total. The highest BCUT2D eigenvalue weighted by Crippen LogP contribution is 2.27. The maximum absolute atomic E-state index is 12.2. The molecule has 0 radical (unpaired) electrons. The van der Waals surface area contributed by atoms with Gasteiger partial charge in [-0.15, -0.1) is 0 Å². The van der Waals surface area contributed by atoms with Gasteiger partial charge in [-0.1, -0.05) is 32.4 Å². The van der Waals surface area contributed by atoms with Crippen LogP contribution in [0.5, 0.6) is 0 Å². The van der Waals surface area contributed by atoms with Crippen LogP contribution >= 0.6 is 0 Å². The summed E-state index contributed by atoms with van der Waals surface area (Å²) in [4.78, 5) is 2.98. The van der Waals surface area contributed by atoms with Crippen molar-refractivity contribution in [2.75, 3.05) is 0 Å². The zero-order chi connectivity index (χ0) is 11.9. The van der Waals surface area contributed by atoms with Gasteiger partial charge in [-0.3, -0.25) is 4.99 Å². The Bertz CT molecular complexity index is 251. The lowest BCUT2D eigenvalue weighted by Crippen LogP contribution is -2.10. The molecule has 1 unspecified atom stereocenters. The average molecular weight is 219 g/mol. The molecule has 0 heterocycles. The van der Waals surface area contributed by atoms with Crippen LogP contribution in [0.2, 0.25) is 0 Å². The minimum atomic E-state index is -4.41. The van der Waals surface area contributed by atoms with Gasteiger partial charge in [0.05, 0.1) is 0 Å². The fraction of sp³-hybridized carbons (Fsp3) is 0.545. The fourth-order valence-electron chi connectivity index (χ4n) is 1.02. The van der Waals surface area contributed by atoms with E-state index in [0.717, 1.165) is 18.9 Å². The number of nitrogens with zero attached hydrogens (tertiary/aromatic N) is 1. The zero-order valence-corrected chi connectivity index (χ0v) is 9.01. The van der Waals surface area contributed by atoms with Crippen LogP contribution in [0.1, 0.15) is 26.7 Å². The molecule has 1 nitrogen and oxygen atoms in total. The molecule has 0 aliphatic heterocycles. The number of aliphatic imine (C=N–C) groups is 1. The van der Waals surface area contributed by atoms with E-state index in [0.29, 0.717) is 0 Å². The molecule has 4 heteroatoms. The van der Waals surface area contributed by atoms with E-state index in [4.69, 9.17) is 0 Å². The standard InChI is InChI=1S/C11H16F3N/c1-4-5-6-7-9(2)8-10(15-3)11(12,13)14/h6-9H,3-5H2,1-2H3/b7-6-,10-8-. The van der Waals surface area contributed by atoms with Crippen LogP contribution in [0.15, 0.2) is 28.9 Å². The molecule has 0 bridgehead atoms. The number of unbranched alkanes of at least 4 members (excludes halogenated alkanes) is 1. The van der Waals surface area contributed by atoms with Crippen molar-refractivity contribution >= 4 is 6.72 Å². The van der Waals surface area contributed by atoms with Crippen molar-refractivity contribution in [1.29, 1.82) is 0 Å². The van der Waals surface area contributed by atoms with Gasteiger partial charge in [-0.25, -0.2) is 0 Å². The van der Waals surface area contributed by atoms with Crippen molar-refractivity contribution in [2.24, 2.45) is 10.9 Å². The summed E-state index contributed by atoms with van der Waals surface area (Å²) in [7, 11) is 0. The predicted octanol–water partition coefficient (Wildman–Crippen LogP) is 4.13.